The minimum absolute atomic E-state index is 0.110. The van der Waals surface area contributed by atoms with E-state index in [-0.39, 0.29) is 37.1 Å². The van der Waals surface area contributed by atoms with E-state index in [1.807, 2.05) is 71.9 Å². The maximum Gasteiger partial charge on any atom is 0.410 e. The van der Waals surface area contributed by atoms with Gasteiger partial charge in [0.25, 0.3) is 5.91 Å². The second kappa shape index (κ2) is 18.5. The van der Waals surface area contributed by atoms with Gasteiger partial charge in [-0.25, -0.2) is 9.59 Å². The zero-order chi connectivity index (χ0) is 35.3. The summed E-state index contributed by atoms with van der Waals surface area (Å²) in [4.78, 5) is 45.8. The van der Waals surface area contributed by atoms with Crippen molar-refractivity contribution in [1.29, 1.82) is 0 Å². The first-order valence-corrected chi connectivity index (χ1v) is 16.9. The normalized spacial score (nSPS) is 16.3. The van der Waals surface area contributed by atoms with Crippen molar-refractivity contribution in [3.05, 3.63) is 59.7 Å². The van der Waals surface area contributed by atoms with E-state index < -0.39 is 17.8 Å². The van der Waals surface area contributed by atoms with Gasteiger partial charge in [0.05, 0.1) is 26.4 Å². The molecule has 0 unspecified atom stereocenters. The van der Waals surface area contributed by atoms with Crippen LogP contribution in [0.1, 0.15) is 70.3 Å². The van der Waals surface area contributed by atoms with Crippen molar-refractivity contribution in [3.63, 3.8) is 0 Å². The zero-order valence-electron chi connectivity index (χ0n) is 30.0. The van der Waals surface area contributed by atoms with Gasteiger partial charge < -0.3 is 38.4 Å². The van der Waals surface area contributed by atoms with Crippen molar-refractivity contribution in [3.8, 4) is 11.5 Å². The van der Waals surface area contributed by atoms with E-state index in [1.54, 1.807) is 47.1 Å². The SMILES string of the molecule is CCN(CCc1ccccc1)C(=O)OC[C@H]1C[C@@H](N(C(=O)c2ccc(OC)c(OCCCOC)c2)C(C)C)CN(C(=O)OC(C)(C)C)C1. The van der Waals surface area contributed by atoms with E-state index in [0.717, 1.165) is 12.0 Å². The van der Waals surface area contributed by atoms with E-state index in [4.69, 9.17) is 23.7 Å². The lowest BCUT2D eigenvalue weighted by molar-refractivity contribution is -0.00956. The average Bonchev–Trinajstić information content (AvgIpc) is 3.05. The van der Waals surface area contributed by atoms with Gasteiger partial charge in [-0.3, -0.25) is 4.79 Å². The summed E-state index contributed by atoms with van der Waals surface area (Å²) in [6.07, 6.45) is 1.09. The molecule has 2 atom stereocenters. The van der Waals surface area contributed by atoms with Crippen LogP contribution in [-0.2, 0) is 20.6 Å². The first-order valence-electron chi connectivity index (χ1n) is 16.9. The second-order valence-corrected chi connectivity index (χ2v) is 13.4. The molecule has 0 aliphatic carbocycles. The van der Waals surface area contributed by atoms with Crippen molar-refractivity contribution in [2.24, 2.45) is 5.92 Å². The standard InChI is InChI=1S/C37H55N3O8/c1-9-38(19-18-28-14-11-10-12-15-28)35(42)47-26-29-22-31(25-39(24-29)36(43)48-37(4,5)6)40(27(2)3)34(41)30-16-17-32(45-8)33(23-30)46-21-13-20-44-7/h10-12,14-17,23,27,29,31H,9,13,18-22,24-26H2,1-8H3/t29-,31+/m0/s1. The van der Waals surface area contributed by atoms with E-state index in [2.05, 4.69) is 0 Å². The summed E-state index contributed by atoms with van der Waals surface area (Å²) < 4.78 is 28.1. The first-order chi connectivity index (χ1) is 22.9. The Bertz CT molecular complexity index is 1310. The summed E-state index contributed by atoms with van der Waals surface area (Å²) in [5, 5.41) is 0. The largest absolute Gasteiger partial charge is 0.493 e. The minimum Gasteiger partial charge on any atom is -0.493 e. The van der Waals surface area contributed by atoms with Crippen molar-refractivity contribution in [2.75, 3.05) is 60.2 Å². The highest BCUT2D eigenvalue weighted by Gasteiger charge is 2.39. The molecule has 2 aromatic carbocycles. The number of hydrogen-bond donors (Lipinski definition) is 0. The number of amides is 3. The third-order valence-corrected chi connectivity index (χ3v) is 8.11. The molecule has 0 aromatic heterocycles. The first kappa shape index (κ1) is 38.5. The van der Waals surface area contributed by atoms with Gasteiger partial charge >= 0.3 is 12.2 Å². The molecule has 0 bridgehead atoms. The highest BCUT2D eigenvalue weighted by molar-refractivity contribution is 5.95. The van der Waals surface area contributed by atoms with Crippen LogP contribution in [0.2, 0.25) is 0 Å². The van der Waals surface area contributed by atoms with Crippen molar-refractivity contribution >= 4 is 18.1 Å². The number of likely N-dealkylation sites (N-methyl/N-ethyl adjacent to an activating group) is 1. The van der Waals surface area contributed by atoms with Crippen LogP contribution in [0.3, 0.4) is 0 Å². The fourth-order valence-corrected chi connectivity index (χ4v) is 5.82. The van der Waals surface area contributed by atoms with Crippen LogP contribution in [0.5, 0.6) is 11.5 Å². The van der Waals surface area contributed by atoms with Gasteiger partial charge in [-0.05, 0) is 78.1 Å². The van der Waals surface area contributed by atoms with Gasteiger partial charge in [-0.1, -0.05) is 30.3 Å². The molecule has 11 nitrogen and oxygen atoms in total. The third kappa shape index (κ3) is 11.6. The number of benzene rings is 2. The molecule has 1 aliphatic rings. The minimum atomic E-state index is -0.692. The lowest BCUT2D eigenvalue weighted by Crippen LogP contribution is -2.57. The van der Waals surface area contributed by atoms with Crippen molar-refractivity contribution < 1.29 is 38.1 Å². The van der Waals surface area contributed by atoms with Crippen LogP contribution in [0.4, 0.5) is 9.59 Å². The Morgan fingerprint density at radius 3 is 2.33 bits per heavy atom. The fourth-order valence-electron chi connectivity index (χ4n) is 5.82. The van der Waals surface area contributed by atoms with Crippen molar-refractivity contribution in [1.82, 2.24) is 14.7 Å². The Labute approximate surface area is 286 Å². The smallest absolute Gasteiger partial charge is 0.410 e. The Morgan fingerprint density at radius 1 is 0.979 bits per heavy atom. The Balaban J connectivity index is 1.80. The van der Waals surface area contributed by atoms with Crippen molar-refractivity contribution in [2.45, 2.75) is 78.5 Å². The van der Waals surface area contributed by atoms with Gasteiger partial charge in [0.15, 0.2) is 11.5 Å². The van der Waals surface area contributed by atoms with Crippen LogP contribution in [0, 0.1) is 5.92 Å². The molecule has 1 aliphatic heterocycles. The summed E-state index contributed by atoms with van der Waals surface area (Å²) >= 11 is 0. The maximum atomic E-state index is 14.2. The van der Waals surface area contributed by atoms with E-state index in [9.17, 15) is 14.4 Å². The predicted octanol–water partition coefficient (Wildman–Crippen LogP) is 6.29. The van der Waals surface area contributed by atoms with Crippen LogP contribution in [0.25, 0.3) is 0 Å². The van der Waals surface area contributed by atoms with E-state index in [1.165, 1.54) is 0 Å². The molecule has 0 N–H and O–H groups in total. The van der Waals surface area contributed by atoms with Gasteiger partial charge in [0.1, 0.15) is 5.60 Å². The van der Waals surface area contributed by atoms with Crippen LogP contribution < -0.4 is 9.47 Å². The molecule has 0 saturated carbocycles. The number of carbonyl (C=O) groups excluding carboxylic acids is 3. The van der Waals surface area contributed by atoms with Gasteiger partial charge in [0.2, 0.25) is 0 Å². The Kier molecular flexibility index (Phi) is 14.8. The quantitative estimate of drug-likeness (QED) is 0.204. The van der Waals surface area contributed by atoms with Crippen LogP contribution in [0.15, 0.2) is 48.5 Å². The maximum absolute atomic E-state index is 14.2. The Morgan fingerprint density at radius 2 is 1.71 bits per heavy atom. The molecule has 11 heteroatoms. The predicted molar refractivity (Wildman–Crippen MR) is 185 cm³/mol. The molecule has 1 fully saturated rings. The molecule has 1 saturated heterocycles. The molecule has 0 radical (unpaired) electrons. The molecule has 0 spiro atoms. The summed E-state index contributed by atoms with van der Waals surface area (Å²) in [5.41, 5.74) is 0.899. The number of piperidine rings is 1. The lowest BCUT2D eigenvalue weighted by atomic mass is 9.92. The highest BCUT2D eigenvalue weighted by Crippen LogP contribution is 2.31. The molecular weight excluding hydrogens is 614 g/mol. The number of carbonyl (C=O) groups is 3. The molecule has 48 heavy (non-hydrogen) atoms. The molecule has 1 heterocycles. The fraction of sp³-hybridized carbons (Fsp3) is 0.595. The molecule has 3 rings (SSSR count). The number of hydrogen-bond acceptors (Lipinski definition) is 8. The summed E-state index contributed by atoms with van der Waals surface area (Å²) in [6.45, 7) is 14.1. The molecular formula is C37H55N3O8. The number of likely N-dealkylation sites (tertiary alicyclic amines) is 1. The molecule has 2 aromatic rings. The monoisotopic (exact) mass is 669 g/mol. The van der Waals surface area contributed by atoms with E-state index >= 15 is 0 Å². The third-order valence-electron chi connectivity index (χ3n) is 8.11. The van der Waals surface area contributed by atoms with E-state index in [0.29, 0.717) is 62.8 Å². The number of methoxy groups -OCH3 is 2. The van der Waals surface area contributed by atoms with Crippen LogP contribution in [-0.4, -0.2) is 111 Å². The number of rotatable bonds is 15. The average molecular weight is 670 g/mol. The topological polar surface area (TPSA) is 107 Å². The second-order valence-electron chi connectivity index (χ2n) is 13.4. The van der Waals surface area contributed by atoms with Gasteiger partial charge in [0, 0.05) is 63.8 Å². The van der Waals surface area contributed by atoms with Gasteiger partial charge in [-0.15, -0.1) is 0 Å². The highest BCUT2D eigenvalue weighted by atomic mass is 16.6. The number of nitrogens with zero attached hydrogens (tertiary/aromatic N) is 3. The zero-order valence-corrected chi connectivity index (χ0v) is 30.0. The lowest BCUT2D eigenvalue weighted by Gasteiger charge is -2.44. The summed E-state index contributed by atoms with van der Waals surface area (Å²) in [7, 11) is 3.19. The number of ether oxygens (including phenoxy) is 5. The molecule has 3 amide bonds. The molecule has 266 valence electrons. The summed E-state index contributed by atoms with van der Waals surface area (Å²) in [6, 6.07) is 14.6. The Hall–Kier alpha value is -3.99. The van der Waals surface area contributed by atoms with Crippen LogP contribution >= 0.6 is 0 Å². The van der Waals surface area contributed by atoms with Gasteiger partial charge in [-0.2, -0.15) is 0 Å². The summed E-state index contributed by atoms with van der Waals surface area (Å²) in [5.74, 6) is 0.595.